The summed E-state index contributed by atoms with van der Waals surface area (Å²) in [6.07, 6.45) is 5.49. The summed E-state index contributed by atoms with van der Waals surface area (Å²) in [6.45, 7) is 8.64. The number of aliphatic hydroxyl groups excluding tert-OH is 1. The maximum absolute atomic E-state index is 9.00. The molecule has 28 heavy (non-hydrogen) atoms. The number of hydrogen-bond acceptors (Lipinski definition) is 6. The summed E-state index contributed by atoms with van der Waals surface area (Å²) in [5.74, 6) is 0.128. The number of aliphatic hydroxyl groups is 1. The van der Waals surface area contributed by atoms with Crippen LogP contribution in [0.1, 0.15) is 44.6 Å². The monoisotopic (exact) mass is 397 g/mol. The van der Waals surface area contributed by atoms with Crippen LogP contribution in [-0.2, 0) is 4.79 Å². The van der Waals surface area contributed by atoms with Crippen molar-refractivity contribution in [3.8, 4) is 5.75 Å². The lowest BCUT2D eigenvalue weighted by atomic mass is 10.2. The minimum absolute atomic E-state index is 0.0648. The molecule has 6 N–H and O–H groups in total. The summed E-state index contributed by atoms with van der Waals surface area (Å²) < 4.78 is 5.65. The Hall–Kier alpha value is -1.67. The van der Waals surface area contributed by atoms with E-state index in [1.54, 1.807) is 0 Å². The van der Waals surface area contributed by atoms with Crippen LogP contribution in [0.5, 0.6) is 5.75 Å². The van der Waals surface area contributed by atoms with Crippen LogP contribution in [0, 0.1) is 6.92 Å². The predicted octanol–water partition coefficient (Wildman–Crippen LogP) is 1.91. The van der Waals surface area contributed by atoms with E-state index in [2.05, 4.69) is 29.7 Å². The van der Waals surface area contributed by atoms with Gasteiger partial charge in [-0.2, -0.15) is 0 Å². The van der Waals surface area contributed by atoms with E-state index in [9.17, 15) is 0 Å². The van der Waals surface area contributed by atoms with E-state index in [0.717, 1.165) is 71.3 Å². The van der Waals surface area contributed by atoms with Gasteiger partial charge in [0, 0.05) is 13.5 Å². The fourth-order valence-corrected chi connectivity index (χ4v) is 2.36. The number of carbonyl (C=O) groups is 1. The van der Waals surface area contributed by atoms with Gasteiger partial charge in [0.1, 0.15) is 5.75 Å². The number of aryl methyl sites for hydroxylation is 1. The number of benzene rings is 1. The van der Waals surface area contributed by atoms with Crippen molar-refractivity contribution in [3.05, 3.63) is 29.8 Å². The molecule has 0 radical (unpaired) electrons. The lowest BCUT2D eigenvalue weighted by Crippen LogP contribution is -2.18. The third kappa shape index (κ3) is 19.1. The number of ether oxygens (including phenoxy) is 1. The number of unbranched alkanes of at least 4 members (excludes halogenated alkanes) is 2. The molecule has 1 heterocycles. The van der Waals surface area contributed by atoms with Gasteiger partial charge in [0.25, 0.3) is 5.97 Å². The van der Waals surface area contributed by atoms with Crippen molar-refractivity contribution in [2.24, 2.45) is 5.73 Å². The van der Waals surface area contributed by atoms with Crippen molar-refractivity contribution < 1.29 is 19.7 Å². The third-order valence-electron chi connectivity index (χ3n) is 3.88. The molecule has 2 rings (SSSR count). The molecule has 0 aromatic heterocycles. The molecule has 7 nitrogen and oxygen atoms in total. The molecule has 0 spiro atoms. The van der Waals surface area contributed by atoms with E-state index in [1.807, 2.05) is 12.1 Å². The molecule has 0 saturated carbocycles. The number of rotatable bonds is 10. The van der Waals surface area contributed by atoms with Crippen molar-refractivity contribution in [1.29, 1.82) is 0 Å². The first-order chi connectivity index (χ1) is 13.5. The van der Waals surface area contributed by atoms with Crippen molar-refractivity contribution in [1.82, 2.24) is 10.6 Å². The van der Waals surface area contributed by atoms with Crippen LogP contribution in [0.4, 0.5) is 0 Å². The zero-order valence-corrected chi connectivity index (χ0v) is 17.5. The number of nitrogens with one attached hydrogen (secondary N) is 2. The maximum Gasteiger partial charge on any atom is 0.300 e. The number of nitrogens with two attached hydrogens (primary N) is 1. The van der Waals surface area contributed by atoms with E-state index >= 15 is 0 Å². The van der Waals surface area contributed by atoms with Crippen LogP contribution >= 0.6 is 0 Å². The fraction of sp³-hybridized carbons (Fsp3) is 0.667. The molecule has 1 atom stereocenters. The Kier molecular flexibility index (Phi) is 17.6. The number of hydrogen-bond donors (Lipinski definition) is 5. The first-order valence-corrected chi connectivity index (χ1v) is 10.1. The predicted molar refractivity (Wildman–Crippen MR) is 114 cm³/mol. The van der Waals surface area contributed by atoms with Crippen molar-refractivity contribution in [3.63, 3.8) is 0 Å². The van der Waals surface area contributed by atoms with E-state index in [-0.39, 0.29) is 6.10 Å². The highest BCUT2D eigenvalue weighted by Gasteiger charge is 2.08. The molecule has 0 amide bonds. The lowest BCUT2D eigenvalue weighted by molar-refractivity contribution is -0.134. The summed E-state index contributed by atoms with van der Waals surface area (Å²) in [6, 6.07) is 8.20. The van der Waals surface area contributed by atoms with Gasteiger partial charge < -0.3 is 31.3 Å². The second-order valence-corrected chi connectivity index (χ2v) is 6.78. The van der Waals surface area contributed by atoms with Crippen LogP contribution in [0.3, 0.4) is 0 Å². The molecule has 0 unspecified atom stereocenters. The normalized spacial score (nSPS) is 15.1. The van der Waals surface area contributed by atoms with Crippen molar-refractivity contribution >= 4 is 5.97 Å². The number of carboxylic acid groups (broad SMARTS) is 1. The van der Waals surface area contributed by atoms with E-state index in [4.69, 9.17) is 25.5 Å². The highest BCUT2D eigenvalue weighted by Crippen LogP contribution is 2.11. The summed E-state index contributed by atoms with van der Waals surface area (Å²) in [4.78, 5) is 9.00. The van der Waals surface area contributed by atoms with Crippen LogP contribution < -0.4 is 21.1 Å². The Balaban J connectivity index is 0.000000593. The van der Waals surface area contributed by atoms with Gasteiger partial charge in [-0.3, -0.25) is 4.79 Å². The molecule has 1 saturated heterocycles. The van der Waals surface area contributed by atoms with Gasteiger partial charge in [-0.15, -0.1) is 0 Å². The number of aliphatic carboxylic acids is 1. The molecule has 1 aliphatic heterocycles. The van der Waals surface area contributed by atoms with E-state index < -0.39 is 5.97 Å². The highest BCUT2D eigenvalue weighted by molar-refractivity contribution is 5.62. The van der Waals surface area contributed by atoms with Gasteiger partial charge in [-0.05, 0) is 70.9 Å². The van der Waals surface area contributed by atoms with Crippen LogP contribution in [0.2, 0.25) is 0 Å². The van der Waals surface area contributed by atoms with Crippen LogP contribution in [-0.4, -0.2) is 61.6 Å². The first kappa shape index (κ1) is 26.3. The molecule has 1 aliphatic rings. The summed E-state index contributed by atoms with van der Waals surface area (Å²) in [7, 11) is 0. The van der Waals surface area contributed by atoms with Crippen molar-refractivity contribution in [2.75, 3.05) is 39.3 Å². The number of β-amino-alcohol motifs (C(OH)–C–C–N with tert-alkyl or cyclic N) is 1. The average Bonchev–Trinajstić information content (AvgIpc) is 3.13. The third-order valence-corrected chi connectivity index (χ3v) is 3.88. The molecule has 7 heteroatoms. The van der Waals surface area contributed by atoms with Gasteiger partial charge in [-0.25, -0.2) is 0 Å². The van der Waals surface area contributed by atoms with E-state index in [0.29, 0.717) is 0 Å². The Morgan fingerprint density at radius 2 is 1.86 bits per heavy atom. The van der Waals surface area contributed by atoms with Gasteiger partial charge in [0.15, 0.2) is 0 Å². The average molecular weight is 398 g/mol. The summed E-state index contributed by atoms with van der Waals surface area (Å²) >= 11 is 0. The Morgan fingerprint density at radius 1 is 1.21 bits per heavy atom. The molecular weight excluding hydrogens is 358 g/mol. The standard InChI is InChI=1S/C15H26N2O.C4H9NO.C2H4O2/c1-14-6-8-15(9-7-14)18-13-5-12-17-11-4-2-3-10-16;6-4-1-2-5-3-4;1-2(3)4/h6-9,17H,2-5,10-13,16H2,1H3;4-6H,1-3H2;1H3,(H,3,4)/t;4-;/m.1./s1. The Bertz CT molecular complexity index is 473. The number of carboxylic acids is 1. The molecule has 0 aliphatic carbocycles. The molecule has 162 valence electrons. The zero-order valence-electron chi connectivity index (χ0n) is 17.5. The minimum Gasteiger partial charge on any atom is -0.494 e. The molecule has 1 aromatic rings. The lowest BCUT2D eigenvalue weighted by Gasteiger charge is -2.07. The molecular formula is C21H39N3O4. The van der Waals surface area contributed by atoms with Gasteiger partial charge in [0.05, 0.1) is 12.7 Å². The molecule has 1 aromatic carbocycles. The van der Waals surface area contributed by atoms with Crippen LogP contribution in [0.25, 0.3) is 0 Å². The maximum atomic E-state index is 9.00. The summed E-state index contributed by atoms with van der Waals surface area (Å²) in [5, 5.41) is 22.5. The van der Waals surface area contributed by atoms with E-state index in [1.165, 1.54) is 18.4 Å². The molecule has 1 fully saturated rings. The fourth-order valence-electron chi connectivity index (χ4n) is 2.36. The van der Waals surface area contributed by atoms with Crippen LogP contribution in [0.15, 0.2) is 24.3 Å². The van der Waals surface area contributed by atoms with Crippen molar-refractivity contribution in [2.45, 2.75) is 52.1 Å². The highest BCUT2D eigenvalue weighted by atomic mass is 16.5. The van der Waals surface area contributed by atoms with Gasteiger partial charge >= 0.3 is 0 Å². The Morgan fingerprint density at radius 3 is 2.36 bits per heavy atom. The summed E-state index contributed by atoms with van der Waals surface area (Å²) in [5.41, 5.74) is 6.70. The minimum atomic E-state index is -0.833. The van der Waals surface area contributed by atoms with Gasteiger partial charge in [-0.1, -0.05) is 24.1 Å². The topological polar surface area (TPSA) is 117 Å². The Labute approximate surface area is 169 Å². The van der Waals surface area contributed by atoms with Gasteiger partial charge in [0.2, 0.25) is 0 Å². The zero-order chi connectivity index (χ0) is 21.0. The SMILES string of the molecule is CC(=O)O.Cc1ccc(OCCCNCCCCCN)cc1.O[C@@H]1CCNC1. The smallest absolute Gasteiger partial charge is 0.300 e. The second kappa shape index (κ2) is 18.7. The first-order valence-electron chi connectivity index (χ1n) is 10.1. The molecule has 0 bridgehead atoms. The quantitative estimate of drug-likeness (QED) is 0.383. The second-order valence-electron chi connectivity index (χ2n) is 6.78. The largest absolute Gasteiger partial charge is 0.494 e.